The van der Waals surface area contributed by atoms with Crippen LogP contribution in [0.4, 0.5) is 0 Å². The number of unbranched alkanes of at least 4 members (excludes halogenated alkanes) is 1. The molecule has 0 aromatic carbocycles. The van der Waals surface area contributed by atoms with Crippen molar-refractivity contribution in [3.63, 3.8) is 0 Å². The van der Waals surface area contributed by atoms with E-state index in [9.17, 15) is 15.3 Å². The molecule has 0 amide bonds. The molecule has 4 atom stereocenters. The average Bonchev–Trinajstić information content (AvgIpc) is 2.19. The quantitative estimate of drug-likeness (QED) is 0.455. The SMILES string of the molecule is CCCCOCC1NC(O)C[C@@H](O)[C@@H]1O. The van der Waals surface area contributed by atoms with Gasteiger partial charge in [0.2, 0.25) is 0 Å². The van der Waals surface area contributed by atoms with E-state index >= 15 is 0 Å². The van der Waals surface area contributed by atoms with Crippen LogP contribution in [0.15, 0.2) is 0 Å². The summed E-state index contributed by atoms with van der Waals surface area (Å²) in [5.41, 5.74) is 0. The Hall–Kier alpha value is -0.200. The fraction of sp³-hybridized carbons (Fsp3) is 1.00. The minimum Gasteiger partial charge on any atom is -0.390 e. The number of aliphatic hydroxyl groups is 3. The molecule has 1 rings (SSSR count). The van der Waals surface area contributed by atoms with Crippen LogP contribution in [0.5, 0.6) is 0 Å². The van der Waals surface area contributed by atoms with Crippen LogP contribution < -0.4 is 5.32 Å². The minimum atomic E-state index is -0.874. The van der Waals surface area contributed by atoms with Crippen molar-refractivity contribution in [2.45, 2.75) is 50.7 Å². The van der Waals surface area contributed by atoms with Gasteiger partial charge in [-0.25, -0.2) is 0 Å². The molecule has 1 fully saturated rings. The summed E-state index contributed by atoms with van der Waals surface area (Å²) in [5.74, 6) is 0. The third-order valence-corrected chi connectivity index (χ3v) is 2.62. The Morgan fingerprint density at radius 2 is 2.07 bits per heavy atom. The molecule has 0 bridgehead atoms. The van der Waals surface area contributed by atoms with Crippen LogP contribution in [0, 0.1) is 0 Å². The summed E-state index contributed by atoms with van der Waals surface area (Å²) in [6.45, 7) is 3.04. The highest BCUT2D eigenvalue weighted by molar-refractivity contribution is 4.88. The normalized spacial score (nSPS) is 36.8. The van der Waals surface area contributed by atoms with Crippen LogP contribution in [0.2, 0.25) is 0 Å². The Labute approximate surface area is 90.1 Å². The molecule has 90 valence electrons. The summed E-state index contributed by atoms with van der Waals surface area (Å²) in [5, 5.41) is 31.2. The Bertz CT molecular complexity index is 179. The first kappa shape index (κ1) is 12.9. The van der Waals surface area contributed by atoms with E-state index in [1.54, 1.807) is 0 Å². The van der Waals surface area contributed by atoms with Crippen LogP contribution in [-0.2, 0) is 4.74 Å². The first-order valence-electron chi connectivity index (χ1n) is 5.53. The van der Waals surface area contributed by atoms with Gasteiger partial charge < -0.3 is 20.1 Å². The van der Waals surface area contributed by atoms with Gasteiger partial charge in [-0.15, -0.1) is 0 Å². The predicted molar refractivity (Wildman–Crippen MR) is 55.3 cm³/mol. The first-order chi connectivity index (χ1) is 7.15. The van der Waals surface area contributed by atoms with Gasteiger partial charge >= 0.3 is 0 Å². The van der Waals surface area contributed by atoms with Crippen LogP contribution in [0.3, 0.4) is 0 Å². The zero-order valence-electron chi connectivity index (χ0n) is 9.09. The van der Waals surface area contributed by atoms with Gasteiger partial charge in [0.25, 0.3) is 0 Å². The maximum absolute atomic E-state index is 9.61. The van der Waals surface area contributed by atoms with E-state index in [4.69, 9.17) is 4.74 Å². The van der Waals surface area contributed by atoms with Gasteiger partial charge in [-0.3, -0.25) is 5.32 Å². The Kier molecular flexibility index (Phi) is 5.49. The van der Waals surface area contributed by atoms with E-state index < -0.39 is 18.4 Å². The lowest BCUT2D eigenvalue weighted by molar-refractivity contribution is -0.0940. The molecule has 0 aliphatic carbocycles. The highest BCUT2D eigenvalue weighted by Crippen LogP contribution is 2.13. The third kappa shape index (κ3) is 4.04. The molecular weight excluding hydrogens is 198 g/mol. The van der Waals surface area contributed by atoms with Crippen molar-refractivity contribution in [1.29, 1.82) is 0 Å². The maximum atomic E-state index is 9.61. The fourth-order valence-corrected chi connectivity index (χ4v) is 1.65. The molecular formula is C10H21NO4. The molecule has 1 saturated heterocycles. The van der Waals surface area contributed by atoms with E-state index in [0.29, 0.717) is 13.2 Å². The van der Waals surface area contributed by atoms with E-state index in [1.165, 1.54) is 0 Å². The molecule has 0 radical (unpaired) electrons. The molecule has 0 aromatic heterocycles. The summed E-state index contributed by atoms with van der Waals surface area (Å²) in [4.78, 5) is 0. The maximum Gasteiger partial charge on any atom is 0.107 e. The molecule has 4 N–H and O–H groups in total. The highest BCUT2D eigenvalue weighted by atomic mass is 16.5. The van der Waals surface area contributed by atoms with Crippen LogP contribution in [0.1, 0.15) is 26.2 Å². The number of hydrogen-bond acceptors (Lipinski definition) is 5. The molecule has 2 unspecified atom stereocenters. The van der Waals surface area contributed by atoms with Gasteiger partial charge in [-0.2, -0.15) is 0 Å². The van der Waals surface area contributed by atoms with Crippen LogP contribution in [-0.4, -0.2) is 53.0 Å². The Morgan fingerprint density at radius 3 is 2.73 bits per heavy atom. The second-order valence-electron chi connectivity index (χ2n) is 4.01. The molecule has 0 spiro atoms. The van der Waals surface area contributed by atoms with Crippen molar-refractivity contribution in [2.24, 2.45) is 0 Å². The smallest absolute Gasteiger partial charge is 0.107 e. The van der Waals surface area contributed by atoms with Crippen LogP contribution in [0.25, 0.3) is 0 Å². The summed E-state index contributed by atoms with van der Waals surface area (Å²) in [7, 11) is 0. The van der Waals surface area contributed by atoms with Crippen molar-refractivity contribution < 1.29 is 20.1 Å². The minimum absolute atomic E-state index is 0.159. The lowest BCUT2D eigenvalue weighted by Crippen LogP contribution is -2.58. The number of nitrogens with one attached hydrogen (secondary N) is 1. The third-order valence-electron chi connectivity index (χ3n) is 2.62. The predicted octanol–water partition coefficient (Wildman–Crippen LogP) is -0.795. The topological polar surface area (TPSA) is 82.0 Å². The number of aliphatic hydroxyl groups excluding tert-OH is 3. The van der Waals surface area contributed by atoms with E-state index in [0.717, 1.165) is 12.8 Å². The van der Waals surface area contributed by atoms with Gasteiger partial charge in [-0.05, 0) is 6.42 Å². The molecule has 1 aliphatic heterocycles. The molecule has 5 heteroatoms. The van der Waals surface area contributed by atoms with E-state index in [2.05, 4.69) is 12.2 Å². The second-order valence-corrected chi connectivity index (χ2v) is 4.01. The van der Waals surface area contributed by atoms with Crippen LogP contribution >= 0.6 is 0 Å². The van der Waals surface area contributed by atoms with Gasteiger partial charge in [0, 0.05) is 13.0 Å². The Balaban J connectivity index is 2.26. The van der Waals surface area contributed by atoms with Crippen molar-refractivity contribution in [2.75, 3.05) is 13.2 Å². The lowest BCUT2D eigenvalue weighted by atomic mass is 9.98. The second kappa shape index (κ2) is 6.40. The molecule has 15 heavy (non-hydrogen) atoms. The molecule has 1 heterocycles. The summed E-state index contributed by atoms with van der Waals surface area (Å²) in [6.07, 6.45) is -0.300. The summed E-state index contributed by atoms with van der Waals surface area (Å²) in [6, 6.07) is -0.388. The summed E-state index contributed by atoms with van der Waals surface area (Å²) >= 11 is 0. The fourth-order valence-electron chi connectivity index (χ4n) is 1.65. The zero-order valence-corrected chi connectivity index (χ0v) is 9.09. The Morgan fingerprint density at radius 1 is 1.33 bits per heavy atom. The van der Waals surface area contributed by atoms with Gasteiger partial charge in [0.1, 0.15) is 6.23 Å². The first-order valence-corrected chi connectivity index (χ1v) is 5.53. The van der Waals surface area contributed by atoms with E-state index in [1.807, 2.05) is 0 Å². The van der Waals surface area contributed by atoms with Crippen molar-refractivity contribution in [3.8, 4) is 0 Å². The van der Waals surface area contributed by atoms with E-state index in [-0.39, 0.29) is 12.5 Å². The van der Waals surface area contributed by atoms with Crippen molar-refractivity contribution >= 4 is 0 Å². The van der Waals surface area contributed by atoms with Gasteiger partial charge in [-0.1, -0.05) is 13.3 Å². The standard InChI is InChI=1S/C10H21NO4/c1-2-3-4-15-6-7-10(14)8(12)5-9(13)11-7/h7-14H,2-6H2,1H3/t7?,8-,9?,10-/m1/s1. The highest BCUT2D eigenvalue weighted by Gasteiger charge is 2.34. The molecule has 1 aliphatic rings. The van der Waals surface area contributed by atoms with Gasteiger partial charge in [0.15, 0.2) is 0 Å². The zero-order chi connectivity index (χ0) is 11.3. The number of hydrogen-bond donors (Lipinski definition) is 4. The molecule has 0 aromatic rings. The largest absolute Gasteiger partial charge is 0.390 e. The van der Waals surface area contributed by atoms with Crippen molar-refractivity contribution in [1.82, 2.24) is 5.32 Å². The monoisotopic (exact) mass is 219 g/mol. The molecule has 5 nitrogen and oxygen atoms in total. The number of rotatable bonds is 5. The lowest BCUT2D eigenvalue weighted by Gasteiger charge is -2.35. The molecule has 0 saturated carbocycles. The summed E-state index contributed by atoms with van der Waals surface area (Å²) < 4.78 is 5.34. The number of piperidine rings is 1. The van der Waals surface area contributed by atoms with Gasteiger partial charge in [0.05, 0.1) is 24.9 Å². The van der Waals surface area contributed by atoms with Crippen molar-refractivity contribution in [3.05, 3.63) is 0 Å². The number of ether oxygens (including phenoxy) is 1. The average molecular weight is 219 g/mol.